The summed E-state index contributed by atoms with van der Waals surface area (Å²) in [7, 11) is 1.36. The lowest BCUT2D eigenvalue weighted by molar-refractivity contribution is 0.0694. The summed E-state index contributed by atoms with van der Waals surface area (Å²) in [5, 5.41) is 9.26. The maximum absolute atomic E-state index is 15.3. The molecule has 2 atom stereocenters. The molecular formula is C21H23F2N3O4. The standard InChI is InChI=1S/C21H23F2N3O4/c1-30-20-17-12(19(27)13(21(28)29)10-26(17)16-8-14(16)22)7-15(23)18(20)25-6-2-3-11(9-25)4-5-24/h4,7,10,14,16H,2-3,5-6,8-9,24H2,1H3,(H,28,29)/b11-4-. The normalized spacial score (nSPS) is 22.5. The third kappa shape index (κ3) is 3.32. The fraction of sp³-hybridized carbons (Fsp3) is 0.429. The Kier molecular flexibility index (Phi) is 5.23. The van der Waals surface area contributed by atoms with Crippen molar-refractivity contribution in [3.63, 3.8) is 0 Å². The average molecular weight is 419 g/mol. The number of piperidine rings is 1. The first-order valence-electron chi connectivity index (χ1n) is 9.83. The van der Waals surface area contributed by atoms with E-state index in [2.05, 4.69) is 0 Å². The van der Waals surface area contributed by atoms with Crippen LogP contribution in [-0.4, -0.2) is 48.6 Å². The summed E-state index contributed by atoms with van der Waals surface area (Å²) in [6, 6.07) is 0.419. The molecule has 1 saturated heterocycles. The van der Waals surface area contributed by atoms with Crippen molar-refractivity contribution in [2.24, 2.45) is 5.73 Å². The minimum Gasteiger partial charge on any atom is -0.492 e. The van der Waals surface area contributed by atoms with Gasteiger partial charge in [0.1, 0.15) is 17.4 Å². The van der Waals surface area contributed by atoms with Crippen molar-refractivity contribution in [3.8, 4) is 5.75 Å². The summed E-state index contributed by atoms with van der Waals surface area (Å²) in [5.74, 6) is -2.03. The van der Waals surface area contributed by atoms with E-state index >= 15 is 4.39 Å². The van der Waals surface area contributed by atoms with E-state index in [-0.39, 0.29) is 28.8 Å². The molecule has 9 heteroatoms. The maximum atomic E-state index is 15.3. The van der Waals surface area contributed by atoms with Crippen molar-refractivity contribution in [1.29, 1.82) is 0 Å². The van der Waals surface area contributed by atoms with Crippen LogP contribution in [-0.2, 0) is 0 Å². The number of hydrogen-bond donors (Lipinski definition) is 2. The fourth-order valence-electron chi connectivity index (χ4n) is 4.21. The molecule has 1 saturated carbocycles. The molecule has 7 nitrogen and oxygen atoms in total. The van der Waals surface area contributed by atoms with E-state index < -0.39 is 35.0 Å². The largest absolute Gasteiger partial charge is 0.492 e. The number of carboxylic acids is 1. The lowest BCUT2D eigenvalue weighted by Gasteiger charge is -2.32. The zero-order valence-electron chi connectivity index (χ0n) is 16.5. The van der Waals surface area contributed by atoms with Gasteiger partial charge in [0.15, 0.2) is 11.6 Å². The number of benzene rings is 1. The highest BCUT2D eigenvalue weighted by Crippen LogP contribution is 2.45. The number of methoxy groups -OCH3 is 1. The number of aromatic carboxylic acids is 1. The summed E-state index contributed by atoms with van der Waals surface area (Å²) in [6.45, 7) is 1.42. The summed E-state index contributed by atoms with van der Waals surface area (Å²) in [4.78, 5) is 26.1. The Hall–Kier alpha value is -2.94. The van der Waals surface area contributed by atoms with Gasteiger partial charge in [-0.2, -0.15) is 0 Å². The predicted molar refractivity (Wildman–Crippen MR) is 109 cm³/mol. The topological polar surface area (TPSA) is 97.8 Å². The Morgan fingerprint density at radius 1 is 1.47 bits per heavy atom. The van der Waals surface area contributed by atoms with Crippen LogP contribution in [0.1, 0.15) is 35.7 Å². The molecule has 0 spiro atoms. The summed E-state index contributed by atoms with van der Waals surface area (Å²) >= 11 is 0. The van der Waals surface area contributed by atoms with Crippen molar-refractivity contribution >= 4 is 22.6 Å². The molecular weight excluding hydrogens is 396 g/mol. The van der Waals surface area contributed by atoms with Crippen molar-refractivity contribution in [3.05, 3.63) is 45.5 Å². The number of aromatic nitrogens is 1. The smallest absolute Gasteiger partial charge is 0.341 e. The van der Waals surface area contributed by atoms with Gasteiger partial charge in [0.25, 0.3) is 0 Å². The first-order chi connectivity index (χ1) is 14.4. The number of nitrogens with two attached hydrogens (primary N) is 1. The minimum atomic E-state index is -1.44. The first kappa shape index (κ1) is 20.3. The van der Waals surface area contributed by atoms with E-state index in [1.807, 2.05) is 11.0 Å². The first-order valence-corrected chi connectivity index (χ1v) is 9.83. The molecule has 30 heavy (non-hydrogen) atoms. The van der Waals surface area contributed by atoms with Gasteiger partial charge in [-0.1, -0.05) is 11.6 Å². The Bertz CT molecular complexity index is 1110. The number of nitrogens with zero attached hydrogens (tertiary/aromatic N) is 2. The lowest BCUT2D eigenvalue weighted by Crippen LogP contribution is -2.33. The van der Waals surface area contributed by atoms with E-state index in [0.717, 1.165) is 30.7 Å². The number of anilines is 1. The molecule has 2 aliphatic rings. The van der Waals surface area contributed by atoms with Crippen molar-refractivity contribution in [2.75, 3.05) is 31.6 Å². The van der Waals surface area contributed by atoms with E-state index in [9.17, 15) is 19.1 Å². The van der Waals surface area contributed by atoms with Gasteiger partial charge in [-0.15, -0.1) is 0 Å². The third-order valence-corrected chi connectivity index (χ3v) is 5.71. The molecule has 0 bridgehead atoms. The second-order valence-electron chi connectivity index (χ2n) is 7.66. The molecule has 0 amide bonds. The molecule has 2 fully saturated rings. The van der Waals surface area contributed by atoms with Gasteiger partial charge in [0.2, 0.25) is 5.43 Å². The number of rotatable bonds is 5. The van der Waals surface area contributed by atoms with Crippen LogP contribution in [0.3, 0.4) is 0 Å². The molecule has 2 unspecified atom stereocenters. The van der Waals surface area contributed by atoms with Crippen LogP contribution in [0.25, 0.3) is 10.9 Å². The molecule has 0 radical (unpaired) electrons. The monoisotopic (exact) mass is 419 g/mol. The third-order valence-electron chi connectivity index (χ3n) is 5.71. The Labute approximate surface area is 171 Å². The van der Waals surface area contributed by atoms with Crippen LogP contribution >= 0.6 is 0 Å². The van der Waals surface area contributed by atoms with Crippen LogP contribution in [0.5, 0.6) is 5.75 Å². The Morgan fingerprint density at radius 2 is 2.20 bits per heavy atom. The molecule has 1 aromatic carbocycles. The molecule has 1 aromatic heterocycles. The molecule has 3 N–H and O–H groups in total. The Morgan fingerprint density at radius 3 is 2.80 bits per heavy atom. The summed E-state index contributed by atoms with van der Waals surface area (Å²) < 4.78 is 36.2. The minimum absolute atomic E-state index is 0.104. The number of ether oxygens (including phenoxy) is 1. The highest BCUT2D eigenvalue weighted by atomic mass is 19.1. The summed E-state index contributed by atoms with van der Waals surface area (Å²) in [6.07, 6.45) is 3.74. The second-order valence-corrected chi connectivity index (χ2v) is 7.66. The zero-order valence-corrected chi connectivity index (χ0v) is 16.5. The number of carbonyl (C=O) groups is 1. The van der Waals surface area contributed by atoms with E-state index in [1.165, 1.54) is 11.7 Å². The van der Waals surface area contributed by atoms with Crippen molar-refractivity contribution < 1.29 is 23.4 Å². The van der Waals surface area contributed by atoms with Gasteiger partial charge < -0.3 is 25.0 Å². The molecule has 160 valence electrons. The summed E-state index contributed by atoms with van der Waals surface area (Å²) in [5.41, 5.74) is 5.74. The van der Waals surface area contributed by atoms with Gasteiger partial charge in [-0.05, 0) is 18.9 Å². The van der Waals surface area contributed by atoms with Crippen LogP contribution in [0.4, 0.5) is 14.5 Å². The Balaban J connectivity index is 1.99. The molecule has 4 rings (SSSR count). The van der Waals surface area contributed by atoms with E-state index in [4.69, 9.17) is 10.5 Å². The van der Waals surface area contributed by atoms with Gasteiger partial charge in [-0.25, -0.2) is 13.6 Å². The van der Waals surface area contributed by atoms with Crippen LogP contribution in [0.15, 0.2) is 28.7 Å². The van der Waals surface area contributed by atoms with Crippen molar-refractivity contribution in [2.45, 2.75) is 31.5 Å². The van der Waals surface area contributed by atoms with Crippen molar-refractivity contribution in [1.82, 2.24) is 4.57 Å². The van der Waals surface area contributed by atoms with E-state index in [0.29, 0.717) is 19.6 Å². The van der Waals surface area contributed by atoms with Crippen LogP contribution in [0.2, 0.25) is 0 Å². The van der Waals surface area contributed by atoms with Gasteiger partial charge in [0.05, 0.1) is 24.1 Å². The average Bonchev–Trinajstić information content (AvgIpc) is 3.44. The number of carboxylic acid groups (broad SMARTS) is 1. The number of hydrogen-bond acceptors (Lipinski definition) is 5. The molecule has 2 heterocycles. The van der Waals surface area contributed by atoms with Crippen LogP contribution < -0.4 is 20.8 Å². The van der Waals surface area contributed by atoms with Gasteiger partial charge >= 0.3 is 5.97 Å². The zero-order chi connectivity index (χ0) is 21.6. The highest BCUT2D eigenvalue weighted by Gasteiger charge is 2.41. The SMILES string of the molecule is COc1c(N2CCC/C(=C/CN)C2)c(F)cc2c(=O)c(C(=O)O)cn(C3CC3F)c12. The van der Waals surface area contributed by atoms with Gasteiger partial charge in [0, 0.05) is 32.3 Å². The number of fused-ring (bicyclic) bond motifs is 1. The second kappa shape index (κ2) is 7.71. The van der Waals surface area contributed by atoms with Crippen LogP contribution in [0, 0.1) is 5.82 Å². The van der Waals surface area contributed by atoms with E-state index in [1.54, 1.807) is 0 Å². The molecule has 2 aromatic rings. The number of halogens is 2. The quantitative estimate of drug-likeness (QED) is 0.723. The highest BCUT2D eigenvalue weighted by molar-refractivity contribution is 5.97. The maximum Gasteiger partial charge on any atom is 0.341 e. The number of pyridine rings is 1. The lowest BCUT2D eigenvalue weighted by atomic mass is 10.0. The fourth-order valence-corrected chi connectivity index (χ4v) is 4.21. The molecule has 1 aliphatic carbocycles. The number of alkyl halides is 1. The molecule has 1 aliphatic heterocycles. The predicted octanol–water partition coefficient (Wildman–Crippen LogP) is 2.62. The van der Waals surface area contributed by atoms with Gasteiger partial charge in [-0.3, -0.25) is 4.79 Å².